The average molecular weight is 1140 g/mol. The van der Waals surface area contributed by atoms with Gasteiger partial charge in [-0.3, -0.25) is 0 Å². The van der Waals surface area contributed by atoms with Crippen molar-refractivity contribution >= 4 is 61.9 Å². The van der Waals surface area contributed by atoms with E-state index in [1.807, 2.05) is 0 Å². The van der Waals surface area contributed by atoms with E-state index in [-0.39, 0.29) is 43.2 Å². The molecule has 0 aromatic rings. The minimum absolute atomic E-state index is 0.137. The van der Waals surface area contributed by atoms with Crippen molar-refractivity contribution in [3.05, 3.63) is 59.5 Å². The summed E-state index contributed by atoms with van der Waals surface area (Å²) in [5.74, 6) is -0.351. The van der Waals surface area contributed by atoms with Gasteiger partial charge in [-0.2, -0.15) is 0 Å². The third-order valence-corrected chi connectivity index (χ3v) is 20.2. The van der Waals surface area contributed by atoms with Gasteiger partial charge in [0, 0.05) is 5.57 Å². The maximum absolute atomic E-state index is 13.0. The zero-order valence-corrected chi connectivity index (χ0v) is 41.8. The van der Waals surface area contributed by atoms with Crippen LogP contribution in [0.5, 0.6) is 0 Å². The van der Waals surface area contributed by atoms with Gasteiger partial charge in [-0.05, 0) is 151 Å². The Balaban J connectivity index is -0.000000160. The Bertz CT molecular complexity index is 781. The fraction of sp³-hybridized carbons (Fsp3) is 0.667. The molecule has 0 aliphatic heterocycles. The third kappa shape index (κ3) is 35.8. The van der Waals surface area contributed by atoms with E-state index in [1.165, 1.54) is 92.2 Å². The molecule has 0 bridgehead atoms. The number of halogens is 3. The molecule has 0 fully saturated rings. The summed E-state index contributed by atoms with van der Waals surface area (Å²) in [7, 11) is 9.77. The average Bonchev–Trinajstić information content (AvgIpc) is 3.12. The van der Waals surface area contributed by atoms with Crippen LogP contribution >= 0.6 is 50.5 Å². The van der Waals surface area contributed by atoms with Gasteiger partial charge in [0.15, 0.2) is 0 Å². The van der Waals surface area contributed by atoms with Gasteiger partial charge in [0.25, 0.3) is 0 Å². The molecule has 2 N–H and O–H groups in total. The number of rotatable bonds is 12. The van der Waals surface area contributed by atoms with Gasteiger partial charge >= 0.3 is 56.4 Å². The van der Waals surface area contributed by atoms with Crippen molar-refractivity contribution in [1.29, 1.82) is 10.8 Å². The van der Waals surface area contributed by atoms with Gasteiger partial charge in [0.1, 0.15) is 5.83 Å². The van der Waals surface area contributed by atoms with Crippen molar-refractivity contribution < 1.29 is 41.9 Å². The predicted molar refractivity (Wildman–Crippen MR) is 231 cm³/mol. The van der Waals surface area contributed by atoms with E-state index in [9.17, 15) is 4.39 Å². The summed E-state index contributed by atoms with van der Waals surface area (Å²) < 4.78 is 13.0. The topological polar surface area (TPSA) is 47.7 Å². The molecule has 2 rings (SSSR count). The molecule has 0 saturated heterocycles. The second-order valence-electron chi connectivity index (χ2n) is 10.5. The molecule has 0 atom stereocenters. The Hall–Kier alpha value is 1.65. The molecule has 2 nitrogen and oxygen atoms in total. The van der Waals surface area contributed by atoms with E-state index in [1.54, 1.807) is 61.9 Å². The molecule has 0 radical (unpaired) electrons. The van der Waals surface area contributed by atoms with E-state index in [2.05, 4.69) is 102 Å². The first-order chi connectivity index (χ1) is 22.5. The van der Waals surface area contributed by atoms with Crippen LogP contribution in [-0.2, 0) is 37.5 Å². The van der Waals surface area contributed by atoms with Gasteiger partial charge in [0.2, 0.25) is 0 Å². The molecule has 0 aromatic carbocycles. The van der Waals surface area contributed by atoms with Crippen LogP contribution in [-0.4, -0.2) is 85.4 Å². The first-order valence-corrected chi connectivity index (χ1v) is 31.6. The second-order valence-corrected chi connectivity index (χ2v) is 25.0. The van der Waals surface area contributed by atoms with Crippen LogP contribution in [0.1, 0.15) is 83.1 Å². The van der Waals surface area contributed by atoms with Gasteiger partial charge < -0.3 is 10.8 Å². The molecule has 282 valence electrons. The summed E-state index contributed by atoms with van der Waals surface area (Å²) in [6.45, 7) is 27.7. The first kappa shape index (κ1) is 58.0. The maximum atomic E-state index is 13.0. The van der Waals surface area contributed by atoms with Gasteiger partial charge in [-0.1, -0.05) is 12.2 Å². The summed E-state index contributed by atoms with van der Waals surface area (Å²) in [5, 5.41) is 15.0. The van der Waals surface area contributed by atoms with E-state index in [4.69, 9.17) is 10.8 Å². The second kappa shape index (κ2) is 45.7. The monoisotopic (exact) mass is 1140 g/mol. The van der Waals surface area contributed by atoms with Crippen LogP contribution in [0.2, 0.25) is 0 Å². The summed E-state index contributed by atoms with van der Waals surface area (Å²) >= 11 is 3.22. The van der Waals surface area contributed by atoms with Crippen molar-refractivity contribution in [2.75, 3.05) is 73.9 Å². The quantitative estimate of drug-likeness (QED) is 0.183. The molecule has 2 aliphatic rings. The van der Waals surface area contributed by atoms with Crippen LogP contribution in [0.15, 0.2) is 59.5 Å². The van der Waals surface area contributed by atoms with Gasteiger partial charge in [-0.25, -0.2) is 4.39 Å². The van der Waals surface area contributed by atoms with Crippen LogP contribution in [0.3, 0.4) is 0 Å². The normalized spacial score (nSPS) is 12.8. The predicted octanol–water partition coefficient (Wildman–Crippen LogP) is 13.3. The fourth-order valence-corrected chi connectivity index (χ4v) is 10.4. The van der Waals surface area contributed by atoms with E-state index >= 15 is 0 Å². The number of allylic oxidation sites excluding steroid dienone is 10. The van der Waals surface area contributed by atoms with Crippen LogP contribution in [0, 0.1) is 10.8 Å². The Kier molecular flexibility index (Phi) is 56.3. The summed E-state index contributed by atoms with van der Waals surface area (Å²) in [5.41, 5.74) is 2.00. The molecule has 0 spiro atoms. The Morgan fingerprint density at radius 1 is 0.468 bits per heavy atom. The van der Waals surface area contributed by atoms with Crippen molar-refractivity contribution in [1.82, 2.24) is 0 Å². The van der Waals surface area contributed by atoms with E-state index in [0.29, 0.717) is 11.3 Å². The molecular formula is C36H73Cl2FN2P4Pt2+6. The summed E-state index contributed by atoms with van der Waals surface area (Å²) in [6, 6.07) is 0. The molecule has 0 unspecified atom stereocenters. The van der Waals surface area contributed by atoms with Gasteiger partial charge in [0.05, 0.1) is 85.4 Å². The minimum atomic E-state index is -0.351. The third-order valence-electron chi connectivity index (χ3n) is 8.18. The number of hydrogen-bond donors (Lipinski definition) is 2. The Labute approximate surface area is 328 Å². The molecular weight excluding hydrogens is 1060 g/mol. The zero-order valence-electron chi connectivity index (χ0n) is 31.8. The van der Waals surface area contributed by atoms with Crippen LogP contribution in [0.4, 0.5) is 4.39 Å². The molecule has 11 heteroatoms. The number of hydrogen-bond acceptors (Lipinski definition) is 2. The summed E-state index contributed by atoms with van der Waals surface area (Å²) in [6.07, 6.45) is 28.2. The van der Waals surface area contributed by atoms with E-state index < -0.39 is 0 Å². The Morgan fingerprint density at radius 2 is 0.723 bits per heavy atom. The van der Waals surface area contributed by atoms with Crippen molar-refractivity contribution in [3.8, 4) is 0 Å². The molecule has 0 amide bonds. The van der Waals surface area contributed by atoms with Crippen molar-refractivity contribution in [3.63, 3.8) is 0 Å². The first-order valence-electron chi connectivity index (χ1n) is 17.5. The van der Waals surface area contributed by atoms with Crippen LogP contribution < -0.4 is 0 Å². The number of nitrogens with one attached hydrogen (secondary N) is 2. The van der Waals surface area contributed by atoms with Crippen molar-refractivity contribution in [2.45, 2.75) is 83.1 Å². The van der Waals surface area contributed by atoms with Crippen molar-refractivity contribution in [2.24, 2.45) is 0 Å². The molecule has 2 aliphatic carbocycles. The molecule has 0 heterocycles. The molecule has 47 heavy (non-hydrogen) atoms. The SMILES string of the molecule is CC[PH+](CC)CC.CC[PH+](CC)CC.CC[PH+](CC)CC.CC[PH+](CC)CC.N=C1C=CC(=C2C=C(F)C=CC2=N)C=C1.[Cl][Pt+].[Cl][Pt+]. The standard InChI is InChI=1S/C12H9FN2.4C6H15P.2ClH.2Pt/c13-9-3-6-12(15)11(7-9)8-1-4-10(14)5-2-8;4*1-4-7(5-2)6-3;;;;/h1-7,14-15H;4*4-6H2,1-3H3;2*1H;;/q;;;;;;;2*+2/p+2. The fourth-order valence-electron chi connectivity index (χ4n) is 4.41. The summed E-state index contributed by atoms with van der Waals surface area (Å²) in [4.78, 5) is 0. The van der Waals surface area contributed by atoms with Crippen LogP contribution in [0.25, 0.3) is 0 Å². The Morgan fingerprint density at radius 3 is 0.936 bits per heavy atom. The zero-order chi connectivity index (χ0) is 37.6. The molecule has 0 saturated carbocycles. The molecule has 0 aromatic heterocycles. The van der Waals surface area contributed by atoms with E-state index in [0.717, 1.165) is 5.57 Å². The van der Waals surface area contributed by atoms with Gasteiger partial charge in [-0.15, -0.1) is 0 Å².